The summed E-state index contributed by atoms with van der Waals surface area (Å²) in [5.74, 6) is 0. The SMILES string of the molecule is CCC(C)(C)C(C)(C)C1(c2ccc(C)cc2)c2cc(C)ccc2-c2ccc(C)cc21. The van der Waals surface area contributed by atoms with Crippen LogP contribution < -0.4 is 0 Å². The van der Waals surface area contributed by atoms with Gasteiger partial charge in [-0.1, -0.05) is 118 Å². The van der Waals surface area contributed by atoms with E-state index < -0.39 is 0 Å². The van der Waals surface area contributed by atoms with E-state index in [1.165, 1.54) is 44.5 Å². The van der Waals surface area contributed by atoms with E-state index in [1.807, 2.05) is 0 Å². The molecule has 4 rings (SSSR count). The van der Waals surface area contributed by atoms with Crippen LogP contribution >= 0.6 is 0 Å². The predicted octanol–water partition coefficient (Wildman–Crippen LogP) is 8.39. The Balaban J connectivity index is 2.23. The average molecular weight is 397 g/mol. The number of fused-ring (bicyclic) bond motifs is 3. The molecule has 3 aromatic rings. The van der Waals surface area contributed by atoms with Crippen LogP contribution in [-0.2, 0) is 5.41 Å². The van der Waals surface area contributed by atoms with Crippen molar-refractivity contribution in [1.82, 2.24) is 0 Å². The van der Waals surface area contributed by atoms with Crippen molar-refractivity contribution >= 4 is 0 Å². The van der Waals surface area contributed by atoms with Gasteiger partial charge in [-0.25, -0.2) is 0 Å². The first-order chi connectivity index (χ1) is 14.1. The third-order valence-corrected chi connectivity index (χ3v) is 8.45. The van der Waals surface area contributed by atoms with Crippen LogP contribution in [0.25, 0.3) is 11.1 Å². The quantitative estimate of drug-likeness (QED) is 0.415. The monoisotopic (exact) mass is 396 g/mol. The van der Waals surface area contributed by atoms with Crippen LogP contribution in [-0.4, -0.2) is 0 Å². The van der Waals surface area contributed by atoms with E-state index in [0.717, 1.165) is 6.42 Å². The normalized spacial score (nSPS) is 15.1. The minimum Gasteiger partial charge on any atom is -0.0649 e. The first kappa shape index (κ1) is 20.9. The van der Waals surface area contributed by atoms with Crippen LogP contribution in [0.1, 0.15) is 74.4 Å². The number of aryl methyl sites for hydroxylation is 3. The fourth-order valence-corrected chi connectivity index (χ4v) is 5.65. The Morgan fingerprint density at radius 1 is 0.633 bits per heavy atom. The van der Waals surface area contributed by atoms with Gasteiger partial charge in [0.25, 0.3) is 0 Å². The van der Waals surface area contributed by atoms with Crippen LogP contribution in [0.15, 0.2) is 60.7 Å². The summed E-state index contributed by atoms with van der Waals surface area (Å²) in [6.45, 7) is 18.9. The maximum Gasteiger partial charge on any atom is 0.0519 e. The molecule has 0 fully saturated rings. The van der Waals surface area contributed by atoms with E-state index in [9.17, 15) is 0 Å². The second-order valence-electron chi connectivity index (χ2n) is 10.6. The predicted molar refractivity (Wildman–Crippen MR) is 130 cm³/mol. The van der Waals surface area contributed by atoms with Gasteiger partial charge in [-0.05, 0) is 59.4 Å². The van der Waals surface area contributed by atoms with Gasteiger partial charge in [-0.15, -0.1) is 0 Å². The van der Waals surface area contributed by atoms with E-state index in [-0.39, 0.29) is 16.2 Å². The Labute approximate surface area is 183 Å². The minimum atomic E-state index is -0.192. The molecule has 0 radical (unpaired) electrons. The van der Waals surface area contributed by atoms with Gasteiger partial charge < -0.3 is 0 Å². The van der Waals surface area contributed by atoms with Gasteiger partial charge >= 0.3 is 0 Å². The summed E-state index contributed by atoms with van der Waals surface area (Å²) < 4.78 is 0. The molecule has 0 aromatic heterocycles. The highest BCUT2D eigenvalue weighted by atomic mass is 14.6. The minimum absolute atomic E-state index is 0.00834. The molecule has 0 saturated heterocycles. The van der Waals surface area contributed by atoms with Crippen LogP contribution in [0.3, 0.4) is 0 Å². The Hall–Kier alpha value is -2.34. The Bertz CT molecular complexity index is 1040. The fraction of sp³-hybridized carbons (Fsp3) is 0.400. The molecule has 0 bridgehead atoms. The summed E-state index contributed by atoms with van der Waals surface area (Å²) in [6.07, 6.45) is 1.13. The second kappa shape index (κ2) is 6.84. The van der Waals surface area contributed by atoms with E-state index in [0.29, 0.717) is 0 Å². The number of benzene rings is 3. The van der Waals surface area contributed by atoms with Crippen molar-refractivity contribution < 1.29 is 0 Å². The van der Waals surface area contributed by atoms with Gasteiger partial charge in [0, 0.05) is 0 Å². The van der Waals surface area contributed by atoms with Gasteiger partial charge in [0.15, 0.2) is 0 Å². The first-order valence-corrected chi connectivity index (χ1v) is 11.4. The maximum atomic E-state index is 2.50. The van der Waals surface area contributed by atoms with E-state index in [1.54, 1.807) is 0 Å². The van der Waals surface area contributed by atoms with E-state index in [4.69, 9.17) is 0 Å². The molecule has 1 aliphatic rings. The summed E-state index contributed by atoms with van der Waals surface area (Å²) in [6, 6.07) is 23.5. The van der Waals surface area contributed by atoms with Crippen molar-refractivity contribution in [2.75, 3.05) is 0 Å². The zero-order valence-electron chi connectivity index (χ0n) is 20.0. The molecular formula is C30H36. The van der Waals surface area contributed by atoms with Crippen molar-refractivity contribution in [3.63, 3.8) is 0 Å². The smallest absolute Gasteiger partial charge is 0.0519 e. The summed E-state index contributed by atoms with van der Waals surface area (Å²) in [7, 11) is 0. The molecule has 0 spiro atoms. The van der Waals surface area contributed by atoms with Crippen molar-refractivity contribution in [3.8, 4) is 11.1 Å². The zero-order chi connectivity index (χ0) is 21.9. The number of hydrogen-bond acceptors (Lipinski definition) is 0. The van der Waals surface area contributed by atoms with Gasteiger partial charge in [0.1, 0.15) is 0 Å². The van der Waals surface area contributed by atoms with Gasteiger partial charge in [-0.3, -0.25) is 0 Å². The average Bonchev–Trinajstić information content (AvgIpc) is 2.98. The number of rotatable bonds is 4. The molecule has 0 N–H and O–H groups in total. The highest BCUT2D eigenvalue weighted by Crippen LogP contribution is 2.66. The van der Waals surface area contributed by atoms with E-state index >= 15 is 0 Å². The van der Waals surface area contributed by atoms with Crippen molar-refractivity contribution in [2.45, 2.75) is 67.2 Å². The highest BCUT2D eigenvalue weighted by Gasteiger charge is 2.59. The third-order valence-electron chi connectivity index (χ3n) is 8.45. The van der Waals surface area contributed by atoms with Crippen LogP contribution in [0.4, 0.5) is 0 Å². The molecule has 30 heavy (non-hydrogen) atoms. The van der Waals surface area contributed by atoms with E-state index in [2.05, 4.69) is 116 Å². The lowest BCUT2D eigenvalue weighted by Gasteiger charge is -2.55. The molecular weight excluding hydrogens is 360 g/mol. The molecule has 0 saturated carbocycles. The number of hydrogen-bond donors (Lipinski definition) is 0. The van der Waals surface area contributed by atoms with Crippen molar-refractivity contribution in [1.29, 1.82) is 0 Å². The van der Waals surface area contributed by atoms with Crippen molar-refractivity contribution in [3.05, 3.63) is 94.0 Å². The van der Waals surface area contributed by atoms with Crippen LogP contribution in [0.5, 0.6) is 0 Å². The Kier molecular flexibility index (Phi) is 4.77. The van der Waals surface area contributed by atoms with Crippen molar-refractivity contribution in [2.24, 2.45) is 10.8 Å². The lowest BCUT2D eigenvalue weighted by atomic mass is 9.47. The summed E-state index contributed by atoms with van der Waals surface area (Å²) in [4.78, 5) is 0. The molecule has 0 nitrogen and oxygen atoms in total. The van der Waals surface area contributed by atoms with Gasteiger partial charge in [-0.2, -0.15) is 0 Å². The lowest BCUT2D eigenvalue weighted by Crippen LogP contribution is -2.51. The van der Waals surface area contributed by atoms with Gasteiger partial charge in [0.2, 0.25) is 0 Å². The molecule has 0 aliphatic heterocycles. The topological polar surface area (TPSA) is 0 Å². The summed E-state index contributed by atoms with van der Waals surface area (Å²) >= 11 is 0. The van der Waals surface area contributed by atoms with Gasteiger partial charge in [0.05, 0.1) is 5.41 Å². The standard InChI is InChI=1S/C30H36/c1-9-28(5,6)29(7,8)30(23-14-10-20(2)11-15-23)26-18-21(3)12-16-24(26)25-17-13-22(4)19-27(25)30/h10-19H,9H2,1-8H3. The third kappa shape index (κ3) is 2.66. The maximum absolute atomic E-state index is 2.50. The molecule has 0 amide bonds. The molecule has 0 atom stereocenters. The zero-order valence-corrected chi connectivity index (χ0v) is 20.0. The second-order valence-corrected chi connectivity index (χ2v) is 10.6. The lowest BCUT2D eigenvalue weighted by molar-refractivity contribution is 0.0500. The molecule has 1 aliphatic carbocycles. The van der Waals surface area contributed by atoms with Crippen LogP contribution in [0, 0.1) is 31.6 Å². The van der Waals surface area contributed by atoms with Crippen LogP contribution in [0.2, 0.25) is 0 Å². The molecule has 0 heterocycles. The highest BCUT2D eigenvalue weighted by molar-refractivity contribution is 5.85. The molecule has 0 heteroatoms. The summed E-state index contributed by atoms with van der Waals surface area (Å²) in [5, 5.41) is 0. The molecule has 156 valence electrons. The molecule has 3 aromatic carbocycles. The fourth-order valence-electron chi connectivity index (χ4n) is 5.65. The Morgan fingerprint density at radius 2 is 1.07 bits per heavy atom. The summed E-state index contributed by atoms with van der Waals surface area (Å²) in [5.41, 5.74) is 11.1. The first-order valence-electron chi connectivity index (χ1n) is 11.4. The Morgan fingerprint density at radius 3 is 1.50 bits per heavy atom. The molecule has 0 unspecified atom stereocenters. The largest absolute Gasteiger partial charge is 0.0649 e.